The van der Waals surface area contributed by atoms with E-state index in [1.807, 2.05) is 0 Å². The molecule has 27 heavy (non-hydrogen) atoms. The summed E-state index contributed by atoms with van der Waals surface area (Å²) in [4.78, 5) is 12.2. The molecule has 1 N–H and O–H groups in total. The van der Waals surface area contributed by atoms with Gasteiger partial charge in [0, 0.05) is 25.3 Å². The lowest BCUT2D eigenvalue weighted by Crippen LogP contribution is -2.23. The molecule has 0 aliphatic carbocycles. The first kappa shape index (κ1) is 20.6. The highest BCUT2D eigenvalue weighted by Crippen LogP contribution is 2.29. The summed E-state index contributed by atoms with van der Waals surface area (Å²) in [5.74, 6) is -0.488. The minimum Gasteiger partial charge on any atom is -0.495 e. The number of nitrogens with one attached hydrogen (secondary N) is 1. The van der Waals surface area contributed by atoms with E-state index < -0.39 is 22.5 Å². The minimum atomic E-state index is -3.79. The van der Waals surface area contributed by atoms with E-state index in [1.54, 1.807) is 0 Å². The molecule has 0 radical (unpaired) electrons. The van der Waals surface area contributed by atoms with Crippen molar-refractivity contribution in [2.75, 3.05) is 26.5 Å². The molecule has 0 aliphatic rings. The highest BCUT2D eigenvalue weighted by Gasteiger charge is 2.23. The van der Waals surface area contributed by atoms with Crippen LogP contribution in [-0.4, -0.2) is 46.4 Å². The van der Waals surface area contributed by atoms with Crippen LogP contribution >= 0.6 is 0 Å². The molecule has 0 aromatic heterocycles. The molecule has 0 bridgehead atoms. The Morgan fingerprint density at radius 3 is 2.26 bits per heavy atom. The van der Waals surface area contributed by atoms with Gasteiger partial charge < -0.3 is 14.8 Å². The van der Waals surface area contributed by atoms with E-state index in [4.69, 9.17) is 4.74 Å². The van der Waals surface area contributed by atoms with Gasteiger partial charge in [0.1, 0.15) is 16.4 Å². The van der Waals surface area contributed by atoms with Crippen LogP contribution < -0.4 is 14.8 Å². The number of nitrogens with zero attached hydrogens (tertiary/aromatic N) is 1. The zero-order valence-electron chi connectivity index (χ0n) is 14.8. The molecule has 7 nitrogen and oxygen atoms in total. The molecule has 0 unspecified atom stereocenters. The number of ether oxygens (including phenoxy) is 2. The Morgan fingerprint density at radius 1 is 1.11 bits per heavy atom. The number of rotatable bonds is 7. The first-order valence-electron chi connectivity index (χ1n) is 7.62. The number of hydrogen-bond donors (Lipinski definition) is 1. The Morgan fingerprint density at radius 2 is 1.74 bits per heavy atom. The van der Waals surface area contributed by atoms with Gasteiger partial charge in [0.25, 0.3) is 5.91 Å². The number of amides is 1. The van der Waals surface area contributed by atoms with Crippen molar-refractivity contribution in [3.63, 3.8) is 0 Å². The maximum absolute atomic E-state index is 12.4. The fraction of sp³-hybridized carbons (Fsp3) is 0.235. The lowest BCUT2D eigenvalue weighted by atomic mass is 10.2. The first-order chi connectivity index (χ1) is 12.6. The summed E-state index contributed by atoms with van der Waals surface area (Å²) >= 11 is 0. The van der Waals surface area contributed by atoms with Gasteiger partial charge in [-0.3, -0.25) is 4.79 Å². The molecule has 0 saturated carbocycles. The summed E-state index contributed by atoms with van der Waals surface area (Å²) in [6.45, 7) is -2.96. The third-order valence-corrected chi connectivity index (χ3v) is 5.36. The average molecular weight is 400 g/mol. The quantitative estimate of drug-likeness (QED) is 0.773. The lowest BCUT2D eigenvalue weighted by Gasteiger charge is -2.16. The highest BCUT2D eigenvalue weighted by atomic mass is 32.2. The highest BCUT2D eigenvalue weighted by molar-refractivity contribution is 7.89. The number of carbonyl (C=O) groups is 1. The van der Waals surface area contributed by atoms with Crippen LogP contribution in [0.1, 0.15) is 10.4 Å². The molecule has 10 heteroatoms. The molecule has 0 spiro atoms. The third-order valence-electron chi connectivity index (χ3n) is 3.52. The predicted molar refractivity (Wildman–Crippen MR) is 94.9 cm³/mol. The molecule has 0 aliphatic heterocycles. The maximum Gasteiger partial charge on any atom is 0.387 e. The molecule has 0 atom stereocenters. The van der Waals surface area contributed by atoms with Crippen molar-refractivity contribution >= 4 is 21.6 Å². The minimum absolute atomic E-state index is 0.0784. The van der Waals surface area contributed by atoms with E-state index in [0.29, 0.717) is 0 Å². The smallest absolute Gasteiger partial charge is 0.387 e. The third kappa shape index (κ3) is 4.92. The van der Waals surface area contributed by atoms with Crippen LogP contribution in [-0.2, 0) is 10.0 Å². The Kier molecular flexibility index (Phi) is 6.34. The summed E-state index contributed by atoms with van der Waals surface area (Å²) < 4.78 is 59.4. The Labute approximate surface area is 155 Å². The van der Waals surface area contributed by atoms with Crippen molar-refractivity contribution in [3.05, 3.63) is 48.0 Å². The second-order valence-electron chi connectivity index (χ2n) is 5.51. The Bertz CT molecular complexity index is 915. The van der Waals surface area contributed by atoms with Gasteiger partial charge in [-0.1, -0.05) is 0 Å². The topological polar surface area (TPSA) is 84.9 Å². The second kappa shape index (κ2) is 8.31. The predicted octanol–water partition coefficient (Wildman–Crippen LogP) is 2.80. The van der Waals surface area contributed by atoms with Gasteiger partial charge in [-0.2, -0.15) is 8.78 Å². The molecule has 1 amide bonds. The summed E-state index contributed by atoms with van der Waals surface area (Å²) in [5.41, 5.74) is 0.415. The lowest BCUT2D eigenvalue weighted by molar-refractivity contribution is -0.0498. The number of carbonyl (C=O) groups excluding carboxylic acids is 1. The van der Waals surface area contributed by atoms with E-state index >= 15 is 0 Å². The van der Waals surface area contributed by atoms with Crippen molar-refractivity contribution in [1.29, 1.82) is 0 Å². The van der Waals surface area contributed by atoms with Crippen LogP contribution in [0.3, 0.4) is 0 Å². The molecular weight excluding hydrogens is 382 g/mol. The molecule has 2 aromatic rings. The zero-order valence-corrected chi connectivity index (χ0v) is 15.6. The number of halogens is 2. The van der Waals surface area contributed by atoms with Gasteiger partial charge in [0.05, 0.1) is 7.11 Å². The van der Waals surface area contributed by atoms with Crippen LogP contribution in [0.25, 0.3) is 0 Å². The number of benzene rings is 2. The van der Waals surface area contributed by atoms with Crippen LogP contribution in [0.4, 0.5) is 14.5 Å². The van der Waals surface area contributed by atoms with E-state index in [2.05, 4.69) is 10.1 Å². The Hall–Kier alpha value is -2.72. The van der Waals surface area contributed by atoms with Gasteiger partial charge >= 0.3 is 6.61 Å². The largest absolute Gasteiger partial charge is 0.495 e. The number of methoxy groups -OCH3 is 1. The van der Waals surface area contributed by atoms with Crippen molar-refractivity contribution in [2.24, 2.45) is 0 Å². The van der Waals surface area contributed by atoms with E-state index in [1.165, 1.54) is 63.7 Å². The molecule has 2 rings (SSSR count). The van der Waals surface area contributed by atoms with Crippen LogP contribution in [0.15, 0.2) is 47.4 Å². The number of sulfonamides is 1. The zero-order chi connectivity index (χ0) is 20.2. The molecule has 0 saturated heterocycles. The SMILES string of the molecule is COc1ccc(NC(=O)c2ccc(OC(F)F)cc2)cc1S(=O)(=O)N(C)C. The van der Waals surface area contributed by atoms with E-state index in [-0.39, 0.29) is 27.6 Å². The monoisotopic (exact) mass is 400 g/mol. The second-order valence-corrected chi connectivity index (χ2v) is 7.63. The molecule has 0 fully saturated rings. The fourth-order valence-electron chi connectivity index (χ4n) is 2.14. The van der Waals surface area contributed by atoms with Gasteiger partial charge in [0.2, 0.25) is 10.0 Å². The van der Waals surface area contributed by atoms with E-state index in [9.17, 15) is 22.0 Å². The molecule has 0 heterocycles. The number of anilines is 1. The van der Waals surface area contributed by atoms with Gasteiger partial charge in [0.15, 0.2) is 0 Å². The first-order valence-corrected chi connectivity index (χ1v) is 9.06. The molecule has 2 aromatic carbocycles. The number of alkyl halides is 2. The standard InChI is InChI=1S/C17H18F2N2O5S/c1-21(2)27(23,24)15-10-12(6-9-14(15)25-3)20-16(22)11-4-7-13(8-5-11)26-17(18)19/h4-10,17H,1-3H3,(H,20,22). The van der Waals surface area contributed by atoms with Crippen LogP contribution in [0, 0.1) is 0 Å². The van der Waals surface area contributed by atoms with Crippen molar-refractivity contribution in [3.8, 4) is 11.5 Å². The van der Waals surface area contributed by atoms with Gasteiger partial charge in [-0.25, -0.2) is 12.7 Å². The van der Waals surface area contributed by atoms with E-state index in [0.717, 1.165) is 4.31 Å². The van der Waals surface area contributed by atoms with Crippen molar-refractivity contribution in [2.45, 2.75) is 11.5 Å². The van der Waals surface area contributed by atoms with Crippen LogP contribution in [0.2, 0.25) is 0 Å². The van der Waals surface area contributed by atoms with Crippen LogP contribution in [0.5, 0.6) is 11.5 Å². The van der Waals surface area contributed by atoms with Gasteiger partial charge in [-0.05, 0) is 42.5 Å². The average Bonchev–Trinajstić information content (AvgIpc) is 2.61. The maximum atomic E-state index is 12.4. The summed E-state index contributed by atoms with van der Waals surface area (Å²) in [6, 6.07) is 9.28. The number of hydrogen-bond acceptors (Lipinski definition) is 5. The summed E-state index contributed by atoms with van der Waals surface area (Å²) in [7, 11) is 0.304. The van der Waals surface area contributed by atoms with Gasteiger partial charge in [-0.15, -0.1) is 0 Å². The summed E-state index contributed by atoms with van der Waals surface area (Å²) in [5, 5.41) is 2.55. The van der Waals surface area contributed by atoms with Crippen molar-refractivity contribution in [1.82, 2.24) is 4.31 Å². The normalized spacial score (nSPS) is 11.5. The molecule has 146 valence electrons. The Balaban J connectivity index is 2.25. The summed E-state index contributed by atoms with van der Waals surface area (Å²) in [6.07, 6.45) is 0. The fourth-order valence-corrected chi connectivity index (χ4v) is 3.22. The van der Waals surface area contributed by atoms with Crippen molar-refractivity contribution < 1.29 is 31.5 Å². The molecular formula is C17H18F2N2O5S.